The number of nitrogens with one attached hydrogen (secondary N) is 3. The van der Waals surface area contributed by atoms with Crippen LogP contribution < -0.4 is 10.6 Å². The summed E-state index contributed by atoms with van der Waals surface area (Å²) in [5.41, 5.74) is 1.95. The molecule has 8 heteroatoms. The van der Waals surface area contributed by atoms with Crippen LogP contribution in [-0.4, -0.2) is 26.8 Å². The minimum absolute atomic E-state index is 0.142. The Morgan fingerprint density at radius 3 is 2.67 bits per heavy atom. The molecule has 3 N–H and O–H groups in total. The van der Waals surface area contributed by atoms with Crippen LogP contribution in [0.15, 0.2) is 53.3 Å². The quantitative estimate of drug-likeness (QED) is 0.558. The Hall–Kier alpha value is -3.00. The largest absolute Gasteiger partial charge is 0.346 e. The summed E-state index contributed by atoms with van der Waals surface area (Å²) in [6.45, 7) is 1.91. The summed E-state index contributed by atoms with van der Waals surface area (Å²) >= 11 is 3.30. The van der Waals surface area contributed by atoms with Gasteiger partial charge in [-0.05, 0) is 53.2 Å². The Kier molecular flexibility index (Phi) is 5.97. The molecule has 27 heavy (non-hydrogen) atoms. The van der Waals surface area contributed by atoms with Crippen molar-refractivity contribution in [3.63, 3.8) is 0 Å². The van der Waals surface area contributed by atoms with Gasteiger partial charge in [0, 0.05) is 46.7 Å². The van der Waals surface area contributed by atoms with E-state index in [9.17, 15) is 9.59 Å². The molecule has 0 fully saturated rings. The molecule has 0 saturated heterocycles. The second-order valence-corrected chi connectivity index (χ2v) is 6.87. The van der Waals surface area contributed by atoms with Gasteiger partial charge < -0.3 is 15.6 Å². The van der Waals surface area contributed by atoms with Crippen LogP contribution in [0.4, 0.5) is 11.5 Å². The number of nitrogens with zero attached hydrogens (tertiary/aromatic N) is 2. The third kappa shape index (κ3) is 5.49. The van der Waals surface area contributed by atoms with Gasteiger partial charge in [0.05, 0.1) is 0 Å². The van der Waals surface area contributed by atoms with Crippen molar-refractivity contribution in [3.05, 3.63) is 70.3 Å². The average Bonchev–Trinajstić information content (AvgIpc) is 3.07. The number of benzene rings is 1. The van der Waals surface area contributed by atoms with Gasteiger partial charge in [-0.1, -0.05) is 6.07 Å². The Balaban J connectivity index is 1.58. The maximum Gasteiger partial charge on any atom is 0.256 e. The van der Waals surface area contributed by atoms with Crippen LogP contribution >= 0.6 is 15.9 Å². The van der Waals surface area contributed by atoms with E-state index in [0.29, 0.717) is 29.9 Å². The number of carbonyl (C=O) groups excluding carboxylic acids is 2. The lowest BCUT2D eigenvalue weighted by Crippen LogP contribution is -2.15. The Morgan fingerprint density at radius 2 is 1.96 bits per heavy atom. The molecule has 0 aliphatic rings. The number of hydrogen-bond acceptors (Lipinski definition) is 4. The summed E-state index contributed by atoms with van der Waals surface area (Å²) in [5.74, 6) is 0.785. The predicted octanol–water partition coefficient (Wildman–Crippen LogP) is 3.70. The summed E-state index contributed by atoms with van der Waals surface area (Å²) in [4.78, 5) is 35.9. The molecular formula is C19H18BrN5O2. The van der Waals surface area contributed by atoms with Crippen LogP contribution in [0.1, 0.15) is 28.3 Å². The normalized spacial score (nSPS) is 10.4. The van der Waals surface area contributed by atoms with Crippen molar-refractivity contribution in [3.8, 4) is 0 Å². The molecule has 1 aromatic carbocycles. The van der Waals surface area contributed by atoms with Gasteiger partial charge in [-0.3, -0.25) is 9.59 Å². The molecule has 2 amide bonds. The predicted molar refractivity (Wildman–Crippen MR) is 107 cm³/mol. The van der Waals surface area contributed by atoms with Gasteiger partial charge in [0.25, 0.3) is 5.91 Å². The van der Waals surface area contributed by atoms with Gasteiger partial charge in [-0.2, -0.15) is 0 Å². The molecule has 0 spiro atoms. The zero-order valence-electron chi connectivity index (χ0n) is 14.6. The summed E-state index contributed by atoms with van der Waals surface area (Å²) in [6, 6.07) is 10.3. The molecule has 0 radical (unpaired) electrons. The van der Waals surface area contributed by atoms with Crippen molar-refractivity contribution in [1.29, 1.82) is 0 Å². The first kappa shape index (κ1) is 18.8. The number of halogens is 1. The molecule has 3 rings (SSSR count). The van der Waals surface area contributed by atoms with E-state index in [4.69, 9.17) is 0 Å². The summed E-state index contributed by atoms with van der Waals surface area (Å²) in [6.07, 6.45) is 4.16. The molecule has 3 aromatic rings. The Bertz CT molecular complexity index is 953. The fraction of sp³-hybridized carbons (Fsp3) is 0.158. The third-order valence-electron chi connectivity index (χ3n) is 3.72. The molecule has 0 atom stereocenters. The van der Waals surface area contributed by atoms with Gasteiger partial charge >= 0.3 is 0 Å². The highest BCUT2D eigenvalue weighted by Crippen LogP contribution is 2.15. The summed E-state index contributed by atoms with van der Waals surface area (Å²) in [5, 5.41) is 5.52. The number of imidazole rings is 1. The maximum atomic E-state index is 12.4. The van der Waals surface area contributed by atoms with Crippen molar-refractivity contribution >= 4 is 39.2 Å². The van der Waals surface area contributed by atoms with Crippen molar-refractivity contribution in [2.45, 2.75) is 19.8 Å². The fourth-order valence-electron chi connectivity index (χ4n) is 2.43. The lowest BCUT2D eigenvalue weighted by molar-refractivity contribution is -0.116. The minimum Gasteiger partial charge on any atom is -0.346 e. The average molecular weight is 428 g/mol. The maximum absolute atomic E-state index is 12.4. The van der Waals surface area contributed by atoms with Crippen LogP contribution in [0.25, 0.3) is 0 Å². The number of hydrogen-bond donors (Lipinski definition) is 3. The molecule has 138 valence electrons. The van der Waals surface area contributed by atoms with Gasteiger partial charge in [0.1, 0.15) is 11.6 Å². The first-order chi connectivity index (χ1) is 13.0. The van der Waals surface area contributed by atoms with Crippen molar-refractivity contribution in [2.24, 2.45) is 0 Å². The van der Waals surface area contributed by atoms with E-state index in [-0.39, 0.29) is 11.8 Å². The SMILES string of the molecule is Cc1cnc(CCC(=O)Nc2cccc(C(=O)Nc3ccc(Br)cn3)c2)[nH]1. The molecule has 0 aliphatic carbocycles. The number of rotatable bonds is 6. The van der Waals surface area contributed by atoms with E-state index < -0.39 is 0 Å². The molecule has 2 heterocycles. The number of aryl methyl sites for hydroxylation is 2. The zero-order chi connectivity index (χ0) is 19.2. The number of pyridine rings is 1. The van der Waals surface area contributed by atoms with Gasteiger partial charge in [0.2, 0.25) is 5.91 Å². The van der Waals surface area contributed by atoms with Crippen molar-refractivity contribution in [2.75, 3.05) is 10.6 Å². The van der Waals surface area contributed by atoms with Crippen molar-refractivity contribution < 1.29 is 9.59 Å². The number of H-pyrrole nitrogens is 1. The number of aromatic amines is 1. The molecule has 0 saturated carbocycles. The first-order valence-electron chi connectivity index (χ1n) is 8.33. The smallest absolute Gasteiger partial charge is 0.256 e. The lowest BCUT2D eigenvalue weighted by atomic mass is 10.2. The van der Waals surface area contributed by atoms with Crippen LogP contribution in [-0.2, 0) is 11.2 Å². The van der Waals surface area contributed by atoms with E-state index in [1.165, 1.54) is 0 Å². The summed E-state index contributed by atoms with van der Waals surface area (Å²) in [7, 11) is 0. The molecule has 0 aliphatic heterocycles. The van der Waals surface area contributed by atoms with Gasteiger partial charge in [-0.25, -0.2) is 9.97 Å². The number of aromatic nitrogens is 3. The highest BCUT2D eigenvalue weighted by atomic mass is 79.9. The number of anilines is 2. The van der Waals surface area contributed by atoms with Crippen LogP contribution in [0, 0.1) is 6.92 Å². The second kappa shape index (κ2) is 8.59. The highest BCUT2D eigenvalue weighted by Gasteiger charge is 2.10. The highest BCUT2D eigenvalue weighted by molar-refractivity contribution is 9.10. The van der Waals surface area contributed by atoms with E-state index in [1.807, 2.05) is 6.92 Å². The molecule has 0 bridgehead atoms. The standard InChI is InChI=1S/C19H18BrN5O2/c1-12-10-21-16(23-12)7-8-18(26)24-15-4-2-3-13(9-15)19(27)25-17-6-5-14(20)11-22-17/h2-6,9-11H,7-8H2,1H3,(H,21,23)(H,24,26)(H,22,25,27). The Labute approximate surface area is 164 Å². The van der Waals surface area contributed by atoms with E-state index in [1.54, 1.807) is 48.8 Å². The molecule has 7 nitrogen and oxygen atoms in total. The van der Waals surface area contributed by atoms with Crippen LogP contribution in [0.3, 0.4) is 0 Å². The number of amides is 2. The van der Waals surface area contributed by atoms with Gasteiger partial charge in [-0.15, -0.1) is 0 Å². The molecular weight excluding hydrogens is 410 g/mol. The van der Waals surface area contributed by atoms with E-state index in [0.717, 1.165) is 16.0 Å². The molecule has 2 aromatic heterocycles. The summed E-state index contributed by atoms with van der Waals surface area (Å²) < 4.78 is 0.829. The molecule has 0 unspecified atom stereocenters. The minimum atomic E-state index is -0.299. The Morgan fingerprint density at radius 1 is 1.11 bits per heavy atom. The topological polar surface area (TPSA) is 99.8 Å². The monoisotopic (exact) mass is 427 g/mol. The number of carbonyl (C=O) groups is 2. The lowest BCUT2D eigenvalue weighted by Gasteiger charge is -2.08. The van der Waals surface area contributed by atoms with E-state index >= 15 is 0 Å². The third-order valence-corrected chi connectivity index (χ3v) is 4.19. The van der Waals surface area contributed by atoms with Crippen LogP contribution in [0.5, 0.6) is 0 Å². The van der Waals surface area contributed by atoms with E-state index in [2.05, 4.69) is 41.5 Å². The van der Waals surface area contributed by atoms with Gasteiger partial charge in [0.15, 0.2) is 0 Å². The second-order valence-electron chi connectivity index (χ2n) is 5.96. The van der Waals surface area contributed by atoms with Crippen LogP contribution in [0.2, 0.25) is 0 Å². The first-order valence-corrected chi connectivity index (χ1v) is 9.12. The zero-order valence-corrected chi connectivity index (χ0v) is 16.2. The van der Waals surface area contributed by atoms with Crippen molar-refractivity contribution in [1.82, 2.24) is 15.0 Å². The fourth-order valence-corrected chi connectivity index (χ4v) is 2.66.